The first-order valence-electron chi connectivity index (χ1n) is 29.4. The molecule has 0 radical (unpaired) electrons. The van der Waals surface area contributed by atoms with Crippen LogP contribution in [0.5, 0.6) is 0 Å². The van der Waals surface area contributed by atoms with Gasteiger partial charge in [-0.15, -0.1) is 23.2 Å². The maximum atomic E-state index is 13.0. The zero-order valence-electron chi connectivity index (χ0n) is 49.3. The molecule has 4 saturated heterocycles. The Morgan fingerprint density at radius 1 is 0.456 bits per heavy atom. The standard InChI is InChI=1S/C20H25N3O3.C15H19N3O2.C11H12N2O3.C6H6N2O2.2C5H8Cl2O.2CH4/c24-19-5-1-2-10-22(19)16-6-8-17(9-7-16)23-11-3-4-18(20(23)25)21-12-14-26-15-13-21;16-12-3-5-13(6-4-12)18-7-1-2-14(15(18)19)17-8-10-20-11-9-17;14-11-3-1-2-8-12(11)9-4-6-10(7-5-9)13(15)16;7-5-1-3-6(4-2-5)8(9)10;2*6-4-2-1-3-5(7)8;;/h4,6-9H,1-3,5,10-15H2;2-6H,1,7-11,16H2;4-7H,1-3,8H2;1-4H,7H2;2*1-4H2;2*1H4. The van der Waals surface area contributed by atoms with Crippen LogP contribution in [0.3, 0.4) is 0 Å². The number of carbonyl (C=O) groups is 6. The van der Waals surface area contributed by atoms with Crippen LogP contribution in [0.4, 0.5) is 45.5 Å². The molecule has 4 N–H and O–H groups in total. The number of hydrogen-bond acceptors (Lipinski definition) is 16. The maximum Gasteiger partial charge on any atom is 0.274 e. The molecule has 4 amide bonds. The van der Waals surface area contributed by atoms with Crippen LogP contribution in [-0.4, -0.2) is 144 Å². The van der Waals surface area contributed by atoms with Crippen LogP contribution in [0.2, 0.25) is 0 Å². The molecular formula is C64H86Cl4N10O12. The summed E-state index contributed by atoms with van der Waals surface area (Å²) in [5.74, 6) is 1.65. The maximum absolute atomic E-state index is 13.0. The van der Waals surface area contributed by atoms with Gasteiger partial charge in [0.05, 0.1) is 47.7 Å². The second kappa shape index (κ2) is 41.9. The number of nitro benzene ring substituents is 2. The van der Waals surface area contributed by atoms with Gasteiger partial charge in [0, 0.05) is 148 Å². The average Bonchev–Trinajstić information content (AvgIpc) is 2.59. The highest BCUT2D eigenvalue weighted by atomic mass is 35.5. The largest absolute Gasteiger partial charge is 0.399 e. The molecule has 6 aliphatic heterocycles. The predicted molar refractivity (Wildman–Crippen MR) is 360 cm³/mol. The van der Waals surface area contributed by atoms with Crippen molar-refractivity contribution in [3.63, 3.8) is 0 Å². The molecule has 90 heavy (non-hydrogen) atoms. The van der Waals surface area contributed by atoms with Gasteiger partial charge in [0.25, 0.3) is 23.2 Å². The van der Waals surface area contributed by atoms with Crippen LogP contribution in [0, 0.1) is 20.2 Å². The van der Waals surface area contributed by atoms with Gasteiger partial charge >= 0.3 is 0 Å². The second-order valence-electron chi connectivity index (χ2n) is 20.6. The van der Waals surface area contributed by atoms with Gasteiger partial charge in [-0.05, 0) is 160 Å². The van der Waals surface area contributed by atoms with Crippen molar-refractivity contribution >= 4 is 126 Å². The van der Waals surface area contributed by atoms with E-state index in [9.17, 15) is 49.0 Å². The van der Waals surface area contributed by atoms with E-state index in [4.69, 9.17) is 67.3 Å². The van der Waals surface area contributed by atoms with Gasteiger partial charge in [-0.2, -0.15) is 0 Å². The lowest BCUT2D eigenvalue weighted by Crippen LogP contribution is -2.45. The third-order valence-electron chi connectivity index (χ3n) is 14.3. The molecule has 0 atom stereocenters. The number of nitrogens with two attached hydrogens (primary N) is 2. The van der Waals surface area contributed by atoms with E-state index in [-0.39, 0.29) is 60.3 Å². The summed E-state index contributed by atoms with van der Waals surface area (Å²) in [6.07, 6.45) is 15.2. The van der Waals surface area contributed by atoms with Gasteiger partial charge in [-0.25, -0.2) is 0 Å². The van der Waals surface area contributed by atoms with Crippen LogP contribution in [0.15, 0.2) is 121 Å². The minimum atomic E-state index is -0.459. The molecule has 6 aliphatic rings. The van der Waals surface area contributed by atoms with E-state index in [1.165, 1.54) is 36.4 Å². The quantitative estimate of drug-likeness (QED) is 0.0263. The third kappa shape index (κ3) is 25.9. The molecule has 0 aromatic heterocycles. The van der Waals surface area contributed by atoms with E-state index in [1.807, 2.05) is 75.4 Å². The molecule has 0 spiro atoms. The number of nitrogens with zero attached hydrogens (tertiary/aromatic N) is 8. The summed E-state index contributed by atoms with van der Waals surface area (Å²) in [6, 6.07) is 27.1. The Bertz CT molecular complexity index is 2950. The van der Waals surface area contributed by atoms with Gasteiger partial charge in [0.1, 0.15) is 0 Å². The first kappa shape index (κ1) is 76.9. The van der Waals surface area contributed by atoms with Crippen LogP contribution < -0.4 is 31.1 Å². The number of hydrogen-bond donors (Lipinski definition) is 2. The van der Waals surface area contributed by atoms with Gasteiger partial charge in [0.15, 0.2) is 0 Å². The number of rotatable bonds is 16. The molecule has 0 aliphatic carbocycles. The van der Waals surface area contributed by atoms with E-state index in [1.54, 1.807) is 17.0 Å². The SMILES string of the molecule is C.C.Nc1ccc(N2CCC=C(N3CCOCC3)C2=O)cc1.Nc1ccc([N+](=O)[O-])cc1.O=C(Cl)CCCCCl.O=C(Cl)CCCCCl.O=C1CCCCN1c1ccc(N2CCC=C(N3CCOCC3)C2=O)cc1.O=C1CCCCN1c1ccc([N+](=O)[O-])cc1. The van der Waals surface area contributed by atoms with Crippen LogP contribution in [0.25, 0.3) is 0 Å². The molecule has 0 bridgehead atoms. The van der Waals surface area contributed by atoms with Crippen molar-refractivity contribution in [3.05, 3.63) is 141 Å². The van der Waals surface area contributed by atoms with Crippen molar-refractivity contribution in [1.82, 2.24) is 9.80 Å². The van der Waals surface area contributed by atoms with Crippen molar-refractivity contribution < 1.29 is 48.1 Å². The Balaban J connectivity index is 0.000000297. The fraction of sp³-hybridized carbons (Fsp3) is 0.469. The normalized spacial score (nSPS) is 16.3. The molecule has 22 nitrogen and oxygen atoms in total. The van der Waals surface area contributed by atoms with E-state index >= 15 is 0 Å². The number of alkyl halides is 2. The van der Waals surface area contributed by atoms with Gasteiger partial charge < -0.3 is 50.3 Å². The smallest absolute Gasteiger partial charge is 0.274 e. The summed E-state index contributed by atoms with van der Waals surface area (Å²) in [5.41, 5.74) is 17.4. The number of carbonyl (C=O) groups excluding carboxylic acids is 6. The third-order valence-corrected chi connectivity index (χ3v) is 15.2. The Morgan fingerprint density at radius 2 is 0.767 bits per heavy atom. The highest BCUT2D eigenvalue weighted by Crippen LogP contribution is 2.29. The number of unbranched alkanes of at least 4 members (excludes halogenated alkanes) is 2. The van der Waals surface area contributed by atoms with Crippen molar-refractivity contribution in [1.29, 1.82) is 0 Å². The monoisotopic (exact) mass is 1330 g/mol. The number of morpholine rings is 2. The van der Waals surface area contributed by atoms with Crippen LogP contribution in [-0.2, 0) is 38.2 Å². The molecule has 4 aromatic rings. The van der Waals surface area contributed by atoms with Gasteiger partial charge in [-0.3, -0.25) is 49.0 Å². The number of non-ortho nitro benzene ring substituents is 2. The van der Waals surface area contributed by atoms with E-state index in [0.29, 0.717) is 88.3 Å². The number of amides is 4. The van der Waals surface area contributed by atoms with Crippen molar-refractivity contribution in [2.24, 2.45) is 0 Å². The number of nitrogen functional groups attached to an aromatic ring is 2. The lowest BCUT2D eigenvalue weighted by Gasteiger charge is -2.35. The lowest BCUT2D eigenvalue weighted by atomic mass is 10.1. The number of nitro groups is 2. The summed E-state index contributed by atoms with van der Waals surface area (Å²) < 4.78 is 10.7. The molecule has 26 heteroatoms. The Labute approximate surface area is 548 Å². The number of halogens is 4. The van der Waals surface area contributed by atoms with Gasteiger partial charge in [-0.1, -0.05) is 27.0 Å². The van der Waals surface area contributed by atoms with Crippen LogP contribution >= 0.6 is 46.4 Å². The van der Waals surface area contributed by atoms with E-state index in [2.05, 4.69) is 9.80 Å². The predicted octanol–water partition coefficient (Wildman–Crippen LogP) is 12.3. The first-order valence-corrected chi connectivity index (χ1v) is 31.2. The fourth-order valence-electron chi connectivity index (χ4n) is 9.64. The number of anilines is 6. The minimum absolute atomic E-state index is 0. The molecule has 4 aromatic carbocycles. The second-order valence-corrected chi connectivity index (χ2v) is 22.2. The van der Waals surface area contributed by atoms with Crippen molar-refractivity contribution in [2.75, 3.05) is 122 Å². The summed E-state index contributed by atoms with van der Waals surface area (Å²) in [7, 11) is 0. The Morgan fingerprint density at radius 3 is 1.09 bits per heavy atom. The summed E-state index contributed by atoms with van der Waals surface area (Å²) in [5, 5.41) is 20.0. The van der Waals surface area contributed by atoms with Gasteiger partial charge in [0.2, 0.25) is 22.3 Å². The zero-order chi connectivity index (χ0) is 63.8. The lowest BCUT2D eigenvalue weighted by molar-refractivity contribution is -0.385. The summed E-state index contributed by atoms with van der Waals surface area (Å²) >= 11 is 20.7. The topological polar surface area (TPSA) is 279 Å². The molecule has 0 saturated carbocycles. The van der Waals surface area contributed by atoms with E-state index < -0.39 is 9.85 Å². The molecule has 6 heterocycles. The average molecular weight is 1330 g/mol. The van der Waals surface area contributed by atoms with Crippen molar-refractivity contribution in [3.8, 4) is 0 Å². The van der Waals surface area contributed by atoms with E-state index in [0.717, 1.165) is 138 Å². The highest BCUT2D eigenvalue weighted by Gasteiger charge is 2.30. The first-order chi connectivity index (χ1) is 42.4. The highest BCUT2D eigenvalue weighted by molar-refractivity contribution is 6.63. The number of benzene rings is 4. The van der Waals surface area contributed by atoms with Crippen LogP contribution in [0.1, 0.15) is 105 Å². The Hall–Kier alpha value is -7.34. The molecular weight excluding hydrogens is 1240 g/mol. The van der Waals surface area contributed by atoms with Crippen molar-refractivity contribution in [2.45, 2.75) is 105 Å². The zero-order valence-corrected chi connectivity index (χ0v) is 52.4. The minimum Gasteiger partial charge on any atom is -0.399 e. The fourth-order valence-corrected chi connectivity index (χ4v) is 10.3. The molecule has 0 unspecified atom stereocenters. The molecule has 10 rings (SSSR count). The number of piperidine rings is 2. The molecule has 492 valence electrons. The number of ether oxygens (including phenoxy) is 2. The summed E-state index contributed by atoms with van der Waals surface area (Å²) in [6.45, 7) is 8.71. The summed E-state index contributed by atoms with van der Waals surface area (Å²) in [4.78, 5) is 101. The Kier molecular flexibility index (Phi) is 35.8. The molecule has 4 fully saturated rings.